The lowest BCUT2D eigenvalue weighted by molar-refractivity contribution is -0.122. The van der Waals surface area contributed by atoms with Gasteiger partial charge in [0.05, 0.1) is 13.7 Å². The van der Waals surface area contributed by atoms with Crippen LogP contribution in [0.3, 0.4) is 0 Å². The van der Waals surface area contributed by atoms with Crippen LogP contribution in [0.15, 0.2) is 24.3 Å². The molecular formula is C20H27N3O4. The third kappa shape index (κ3) is 4.80. The first-order valence-corrected chi connectivity index (χ1v) is 9.32. The van der Waals surface area contributed by atoms with E-state index in [2.05, 4.69) is 10.3 Å². The normalized spacial score (nSPS) is 15.1. The molecule has 7 nitrogen and oxygen atoms in total. The minimum Gasteiger partial charge on any atom is -0.497 e. The quantitative estimate of drug-likeness (QED) is 0.729. The van der Waals surface area contributed by atoms with Gasteiger partial charge in [0, 0.05) is 50.1 Å². The number of amides is 2. The zero-order chi connectivity index (χ0) is 19.2. The molecule has 1 aliphatic rings. The van der Waals surface area contributed by atoms with Gasteiger partial charge in [0.2, 0.25) is 5.91 Å². The molecule has 2 N–H and O–H groups in total. The van der Waals surface area contributed by atoms with E-state index in [1.807, 2.05) is 29.2 Å². The molecule has 2 amide bonds. The van der Waals surface area contributed by atoms with Gasteiger partial charge < -0.3 is 24.7 Å². The summed E-state index contributed by atoms with van der Waals surface area (Å²) in [5.41, 5.74) is 1.48. The van der Waals surface area contributed by atoms with E-state index in [1.54, 1.807) is 14.2 Å². The number of benzene rings is 1. The van der Waals surface area contributed by atoms with Crippen molar-refractivity contribution in [3.05, 3.63) is 30.0 Å². The summed E-state index contributed by atoms with van der Waals surface area (Å²) < 4.78 is 10.2. The Morgan fingerprint density at radius 1 is 1.22 bits per heavy atom. The maximum absolute atomic E-state index is 12.8. The predicted octanol–water partition coefficient (Wildman–Crippen LogP) is 2.18. The summed E-state index contributed by atoms with van der Waals surface area (Å²) in [6, 6.07) is 7.59. The Morgan fingerprint density at radius 3 is 2.70 bits per heavy atom. The van der Waals surface area contributed by atoms with Gasteiger partial charge in [0.15, 0.2) is 0 Å². The Balaban J connectivity index is 1.53. The van der Waals surface area contributed by atoms with E-state index in [0.29, 0.717) is 44.3 Å². The number of H-pyrrole nitrogens is 1. The summed E-state index contributed by atoms with van der Waals surface area (Å²) in [7, 11) is 3.24. The minimum atomic E-state index is 0.00756. The van der Waals surface area contributed by atoms with Crippen molar-refractivity contribution >= 4 is 22.7 Å². The van der Waals surface area contributed by atoms with Gasteiger partial charge in [0.1, 0.15) is 11.4 Å². The van der Waals surface area contributed by atoms with Gasteiger partial charge >= 0.3 is 0 Å². The standard InChI is InChI=1S/C20H27N3O4/c1-26-10-7-21-19(24)11-14-5-8-23(9-6-14)20(25)18-12-15-3-4-16(27-2)13-17(15)22-18/h3-4,12-14,22H,5-11H2,1-2H3,(H,21,24). The van der Waals surface area contributed by atoms with E-state index in [-0.39, 0.29) is 11.8 Å². The van der Waals surface area contributed by atoms with Crippen molar-refractivity contribution in [3.8, 4) is 5.75 Å². The number of aromatic amines is 1. The van der Waals surface area contributed by atoms with Gasteiger partial charge in [-0.25, -0.2) is 0 Å². The van der Waals surface area contributed by atoms with Gasteiger partial charge in [0.25, 0.3) is 5.91 Å². The fourth-order valence-electron chi connectivity index (χ4n) is 3.49. The lowest BCUT2D eigenvalue weighted by Crippen LogP contribution is -2.40. The van der Waals surface area contributed by atoms with Gasteiger partial charge in [-0.3, -0.25) is 9.59 Å². The first-order valence-electron chi connectivity index (χ1n) is 9.32. The van der Waals surface area contributed by atoms with Gasteiger partial charge in [-0.2, -0.15) is 0 Å². The van der Waals surface area contributed by atoms with E-state index in [0.717, 1.165) is 29.5 Å². The lowest BCUT2D eigenvalue weighted by atomic mass is 9.93. The third-order valence-corrected chi connectivity index (χ3v) is 5.06. The summed E-state index contributed by atoms with van der Waals surface area (Å²) in [4.78, 5) is 29.8. The number of carbonyl (C=O) groups is 2. The predicted molar refractivity (Wildman–Crippen MR) is 103 cm³/mol. The van der Waals surface area contributed by atoms with Crippen LogP contribution in [0.1, 0.15) is 29.8 Å². The van der Waals surface area contributed by atoms with Crippen LogP contribution >= 0.6 is 0 Å². The number of nitrogens with zero attached hydrogens (tertiary/aromatic N) is 1. The number of fused-ring (bicyclic) bond motifs is 1. The van der Waals surface area contributed by atoms with Crippen LogP contribution in [0, 0.1) is 5.92 Å². The molecule has 0 saturated carbocycles. The number of rotatable bonds is 7. The van der Waals surface area contributed by atoms with Crippen LogP contribution < -0.4 is 10.1 Å². The van der Waals surface area contributed by atoms with Crippen LogP contribution in [0.25, 0.3) is 10.9 Å². The molecule has 7 heteroatoms. The van der Waals surface area contributed by atoms with Crippen LogP contribution in [0.2, 0.25) is 0 Å². The van der Waals surface area contributed by atoms with Crippen LogP contribution in [-0.4, -0.2) is 62.2 Å². The fourth-order valence-corrected chi connectivity index (χ4v) is 3.49. The molecule has 1 saturated heterocycles. The second kappa shape index (κ2) is 8.90. The molecule has 0 bridgehead atoms. The number of likely N-dealkylation sites (tertiary alicyclic amines) is 1. The van der Waals surface area contributed by atoms with Crippen molar-refractivity contribution < 1.29 is 19.1 Å². The number of aromatic nitrogens is 1. The van der Waals surface area contributed by atoms with Crippen molar-refractivity contribution in [2.45, 2.75) is 19.3 Å². The summed E-state index contributed by atoms with van der Waals surface area (Å²) in [6.07, 6.45) is 2.20. The van der Waals surface area contributed by atoms with Crippen molar-refractivity contribution in [1.29, 1.82) is 0 Å². The number of nitrogens with one attached hydrogen (secondary N) is 2. The lowest BCUT2D eigenvalue weighted by Gasteiger charge is -2.31. The van der Waals surface area contributed by atoms with E-state index in [9.17, 15) is 9.59 Å². The Labute approximate surface area is 159 Å². The van der Waals surface area contributed by atoms with E-state index in [4.69, 9.17) is 9.47 Å². The SMILES string of the molecule is COCCNC(=O)CC1CCN(C(=O)c2cc3ccc(OC)cc3[nH]2)CC1. The van der Waals surface area contributed by atoms with Crippen molar-refractivity contribution in [2.24, 2.45) is 5.92 Å². The Bertz CT molecular complexity index is 794. The molecule has 146 valence electrons. The third-order valence-electron chi connectivity index (χ3n) is 5.06. The highest BCUT2D eigenvalue weighted by Gasteiger charge is 2.25. The summed E-state index contributed by atoms with van der Waals surface area (Å²) >= 11 is 0. The van der Waals surface area contributed by atoms with Crippen LogP contribution in [0.4, 0.5) is 0 Å². The second-order valence-electron chi connectivity index (χ2n) is 6.92. The number of ether oxygens (including phenoxy) is 2. The largest absolute Gasteiger partial charge is 0.497 e. The number of methoxy groups -OCH3 is 2. The molecule has 27 heavy (non-hydrogen) atoms. The molecule has 1 fully saturated rings. The minimum absolute atomic E-state index is 0.00756. The van der Waals surface area contributed by atoms with Crippen molar-refractivity contribution in [2.75, 3.05) is 40.5 Å². The molecular weight excluding hydrogens is 346 g/mol. The highest BCUT2D eigenvalue weighted by Crippen LogP contribution is 2.24. The van der Waals surface area contributed by atoms with Crippen LogP contribution in [0.5, 0.6) is 5.75 Å². The molecule has 0 aliphatic carbocycles. The maximum Gasteiger partial charge on any atom is 0.270 e. The first-order chi connectivity index (χ1) is 13.1. The molecule has 2 heterocycles. The number of hydrogen-bond acceptors (Lipinski definition) is 4. The molecule has 3 rings (SSSR count). The number of carbonyl (C=O) groups excluding carboxylic acids is 2. The number of hydrogen-bond donors (Lipinski definition) is 2. The van der Waals surface area contributed by atoms with E-state index in [1.165, 1.54) is 0 Å². The topological polar surface area (TPSA) is 83.7 Å². The zero-order valence-electron chi connectivity index (χ0n) is 15.9. The molecule has 0 unspecified atom stereocenters. The van der Waals surface area contributed by atoms with Crippen LogP contribution in [-0.2, 0) is 9.53 Å². The van der Waals surface area contributed by atoms with Crippen molar-refractivity contribution in [1.82, 2.24) is 15.2 Å². The zero-order valence-corrected chi connectivity index (χ0v) is 15.9. The molecule has 1 aromatic carbocycles. The Kier molecular flexibility index (Phi) is 6.34. The summed E-state index contributed by atoms with van der Waals surface area (Å²) in [5, 5.41) is 3.84. The average Bonchev–Trinajstić information content (AvgIpc) is 3.11. The first kappa shape index (κ1) is 19.2. The summed E-state index contributed by atoms with van der Waals surface area (Å²) in [5.74, 6) is 1.14. The molecule has 1 aromatic heterocycles. The fraction of sp³-hybridized carbons (Fsp3) is 0.500. The summed E-state index contributed by atoms with van der Waals surface area (Å²) in [6.45, 7) is 2.41. The van der Waals surface area contributed by atoms with E-state index >= 15 is 0 Å². The van der Waals surface area contributed by atoms with Gasteiger partial charge in [-0.05, 0) is 37.0 Å². The van der Waals surface area contributed by atoms with E-state index < -0.39 is 0 Å². The average molecular weight is 373 g/mol. The van der Waals surface area contributed by atoms with Gasteiger partial charge in [-0.1, -0.05) is 0 Å². The Hall–Kier alpha value is -2.54. The monoisotopic (exact) mass is 373 g/mol. The molecule has 0 atom stereocenters. The highest BCUT2D eigenvalue weighted by atomic mass is 16.5. The Morgan fingerprint density at radius 2 is 2.00 bits per heavy atom. The maximum atomic E-state index is 12.8. The molecule has 0 radical (unpaired) electrons. The number of piperidine rings is 1. The molecule has 0 spiro atoms. The van der Waals surface area contributed by atoms with Gasteiger partial charge in [-0.15, -0.1) is 0 Å². The molecule has 1 aliphatic heterocycles. The smallest absolute Gasteiger partial charge is 0.270 e. The van der Waals surface area contributed by atoms with Crippen molar-refractivity contribution in [3.63, 3.8) is 0 Å². The highest BCUT2D eigenvalue weighted by molar-refractivity contribution is 5.98. The molecule has 2 aromatic rings. The second-order valence-corrected chi connectivity index (χ2v) is 6.92.